The molecule has 190 valence electrons. The summed E-state index contributed by atoms with van der Waals surface area (Å²) in [5.41, 5.74) is 2.67. The Kier molecular flexibility index (Phi) is 6.33. The number of hydrogen-bond donors (Lipinski definition) is 3. The van der Waals surface area contributed by atoms with Gasteiger partial charge in [0.1, 0.15) is 11.6 Å². The first kappa shape index (κ1) is 23.6. The van der Waals surface area contributed by atoms with E-state index in [1.165, 1.54) is 12.0 Å². The van der Waals surface area contributed by atoms with Gasteiger partial charge >= 0.3 is 0 Å². The Labute approximate surface area is 213 Å². The van der Waals surface area contributed by atoms with Crippen LogP contribution in [0.4, 0.5) is 26.2 Å². The van der Waals surface area contributed by atoms with Crippen LogP contribution in [0.25, 0.3) is 22.3 Å². The van der Waals surface area contributed by atoms with Crippen molar-refractivity contribution in [1.82, 2.24) is 30.2 Å². The van der Waals surface area contributed by atoms with Crippen molar-refractivity contribution in [1.29, 1.82) is 0 Å². The molecule has 5 heterocycles. The van der Waals surface area contributed by atoms with Gasteiger partial charge in [-0.05, 0) is 74.9 Å². The van der Waals surface area contributed by atoms with Crippen molar-refractivity contribution in [2.75, 3.05) is 17.2 Å². The molecule has 6 rings (SSSR count). The minimum absolute atomic E-state index is 0.235. The van der Waals surface area contributed by atoms with Crippen molar-refractivity contribution >= 4 is 28.4 Å². The van der Waals surface area contributed by atoms with Crippen molar-refractivity contribution in [3.05, 3.63) is 60.2 Å². The van der Waals surface area contributed by atoms with Crippen LogP contribution in [-0.2, 0) is 0 Å². The number of piperidine rings is 1. The van der Waals surface area contributed by atoms with Crippen molar-refractivity contribution in [2.45, 2.75) is 57.0 Å². The first-order chi connectivity index (χ1) is 18.0. The number of fused-ring (bicyclic) bond motifs is 1. The molecule has 1 aliphatic carbocycles. The fraction of sp³-hybridized carbons (Fsp3) is 0.370. The molecule has 10 heteroatoms. The zero-order chi connectivity index (χ0) is 25.4. The summed E-state index contributed by atoms with van der Waals surface area (Å²) in [6.07, 6.45) is 10.8. The molecule has 4 aromatic heterocycles. The van der Waals surface area contributed by atoms with Crippen LogP contribution in [-0.4, -0.2) is 43.5 Å². The number of aromatic nitrogens is 5. The summed E-state index contributed by atoms with van der Waals surface area (Å²) in [4.78, 5) is 22.2. The standard InChI is InChI=1S/C27H28F2N8/c1-15-11-18(8-10-31-15)33-27-24-19(16-3-2-4-16)13-30-14-21(24)34-25(37-27)17-7-9-32-23(12-17)36-26-20(28)5-6-22(29)35-26/h5-7,9,12-16,18,31H,2-4,8,10-11H2,1H3,(H,32,35,36)(H,33,34,37). The summed E-state index contributed by atoms with van der Waals surface area (Å²) >= 11 is 0. The number of hydrogen-bond acceptors (Lipinski definition) is 8. The van der Waals surface area contributed by atoms with E-state index in [9.17, 15) is 8.78 Å². The molecule has 2 unspecified atom stereocenters. The number of anilines is 3. The summed E-state index contributed by atoms with van der Waals surface area (Å²) in [5, 5.41) is 11.0. The third kappa shape index (κ3) is 4.93. The second-order valence-electron chi connectivity index (χ2n) is 9.89. The van der Waals surface area contributed by atoms with Gasteiger partial charge in [0.25, 0.3) is 0 Å². The number of nitrogens with zero attached hydrogens (tertiary/aromatic N) is 5. The third-order valence-electron chi connectivity index (χ3n) is 7.22. The van der Waals surface area contributed by atoms with Gasteiger partial charge < -0.3 is 16.0 Å². The fourth-order valence-electron chi connectivity index (χ4n) is 5.09. The lowest BCUT2D eigenvalue weighted by atomic mass is 9.79. The quantitative estimate of drug-likeness (QED) is 0.305. The molecular weight excluding hydrogens is 474 g/mol. The minimum atomic E-state index is -0.782. The Balaban J connectivity index is 1.40. The number of rotatable bonds is 6. The molecule has 3 N–H and O–H groups in total. The second kappa shape index (κ2) is 9.93. The van der Waals surface area contributed by atoms with E-state index in [-0.39, 0.29) is 5.82 Å². The van der Waals surface area contributed by atoms with Gasteiger partial charge in [0.2, 0.25) is 5.95 Å². The Morgan fingerprint density at radius 1 is 1.00 bits per heavy atom. The van der Waals surface area contributed by atoms with Gasteiger partial charge in [-0.1, -0.05) is 6.42 Å². The van der Waals surface area contributed by atoms with Crippen LogP contribution in [0.15, 0.2) is 42.9 Å². The molecule has 4 aromatic rings. The highest BCUT2D eigenvalue weighted by Crippen LogP contribution is 2.41. The normalized spacial score (nSPS) is 20.0. The van der Waals surface area contributed by atoms with E-state index in [2.05, 4.69) is 37.8 Å². The van der Waals surface area contributed by atoms with Gasteiger partial charge in [-0.2, -0.15) is 9.37 Å². The zero-order valence-electron chi connectivity index (χ0n) is 20.5. The van der Waals surface area contributed by atoms with Crippen LogP contribution in [0.1, 0.15) is 50.5 Å². The maximum Gasteiger partial charge on any atom is 0.214 e. The van der Waals surface area contributed by atoms with Crippen molar-refractivity contribution in [3.63, 3.8) is 0 Å². The summed E-state index contributed by atoms with van der Waals surface area (Å²) in [6.45, 7) is 3.15. The predicted molar refractivity (Wildman–Crippen MR) is 139 cm³/mol. The molecule has 0 spiro atoms. The first-order valence-corrected chi connectivity index (χ1v) is 12.7. The molecule has 2 fully saturated rings. The molecule has 1 saturated carbocycles. The van der Waals surface area contributed by atoms with E-state index < -0.39 is 11.8 Å². The molecule has 8 nitrogen and oxygen atoms in total. The van der Waals surface area contributed by atoms with E-state index in [1.54, 1.807) is 24.5 Å². The number of pyridine rings is 3. The van der Waals surface area contributed by atoms with Crippen LogP contribution >= 0.6 is 0 Å². The van der Waals surface area contributed by atoms with Crippen molar-refractivity contribution in [3.8, 4) is 11.4 Å². The topological polar surface area (TPSA) is 101 Å². The Hall–Kier alpha value is -3.79. The lowest BCUT2D eigenvalue weighted by molar-refractivity contribution is 0.396. The maximum atomic E-state index is 14.1. The van der Waals surface area contributed by atoms with E-state index in [4.69, 9.17) is 9.97 Å². The van der Waals surface area contributed by atoms with E-state index in [0.29, 0.717) is 35.2 Å². The maximum absolute atomic E-state index is 14.1. The molecule has 0 bridgehead atoms. The zero-order valence-corrected chi connectivity index (χ0v) is 20.5. The summed E-state index contributed by atoms with van der Waals surface area (Å²) in [7, 11) is 0. The van der Waals surface area contributed by atoms with E-state index in [1.807, 2.05) is 6.20 Å². The van der Waals surface area contributed by atoms with Gasteiger partial charge in [-0.25, -0.2) is 19.3 Å². The van der Waals surface area contributed by atoms with Crippen molar-refractivity contribution < 1.29 is 8.78 Å². The Morgan fingerprint density at radius 3 is 2.70 bits per heavy atom. The largest absolute Gasteiger partial charge is 0.367 e. The van der Waals surface area contributed by atoms with Crippen LogP contribution in [0.2, 0.25) is 0 Å². The van der Waals surface area contributed by atoms with Gasteiger partial charge in [-0.15, -0.1) is 0 Å². The van der Waals surface area contributed by atoms with E-state index in [0.717, 1.165) is 61.1 Å². The average molecular weight is 503 g/mol. The molecule has 1 saturated heterocycles. The number of halogens is 2. The van der Waals surface area contributed by atoms with Crippen LogP contribution in [0.5, 0.6) is 0 Å². The summed E-state index contributed by atoms with van der Waals surface area (Å²) in [5.74, 6) is 0.407. The highest BCUT2D eigenvalue weighted by molar-refractivity contribution is 5.93. The molecule has 2 atom stereocenters. The predicted octanol–water partition coefficient (Wildman–Crippen LogP) is 5.32. The molecule has 37 heavy (non-hydrogen) atoms. The molecule has 0 aromatic carbocycles. The third-order valence-corrected chi connectivity index (χ3v) is 7.22. The lowest BCUT2D eigenvalue weighted by Crippen LogP contribution is -2.41. The van der Waals surface area contributed by atoms with Gasteiger partial charge in [-0.3, -0.25) is 4.98 Å². The van der Waals surface area contributed by atoms with Crippen LogP contribution in [0, 0.1) is 11.8 Å². The monoisotopic (exact) mass is 502 g/mol. The highest BCUT2D eigenvalue weighted by Gasteiger charge is 2.26. The van der Waals surface area contributed by atoms with Crippen LogP contribution < -0.4 is 16.0 Å². The summed E-state index contributed by atoms with van der Waals surface area (Å²) < 4.78 is 27.7. The molecule has 0 radical (unpaired) electrons. The van der Waals surface area contributed by atoms with E-state index >= 15 is 0 Å². The van der Waals surface area contributed by atoms with Crippen molar-refractivity contribution in [2.24, 2.45) is 0 Å². The molecule has 1 aliphatic heterocycles. The molecular formula is C27H28F2N8. The molecule has 0 amide bonds. The Bertz CT molecular complexity index is 1440. The smallest absolute Gasteiger partial charge is 0.214 e. The summed E-state index contributed by atoms with van der Waals surface area (Å²) in [6, 6.07) is 6.21. The fourth-order valence-corrected chi connectivity index (χ4v) is 5.09. The Morgan fingerprint density at radius 2 is 1.89 bits per heavy atom. The SMILES string of the molecule is CC1CC(Nc2nc(-c3ccnc(Nc4nc(F)ccc4F)c3)nc3cncc(C4CCC4)c23)CCN1. The van der Waals surface area contributed by atoms with Gasteiger partial charge in [0.15, 0.2) is 17.5 Å². The highest BCUT2D eigenvalue weighted by atomic mass is 19.1. The van der Waals surface area contributed by atoms with Gasteiger partial charge in [0, 0.05) is 35.4 Å². The first-order valence-electron chi connectivity index (χ1n) is 12.7. The van der Waals surface area contributed by atoms with Gasteiger partial charge in [0.05, 0.1) is 11.7 Å². The molecule has 2 aliphatic rings. The van der Waals surface area contributed by atoms with Crippen LogP contribution in [0.3, 0.4) is 0 Å². The minimum Gasteiger partial charge on any atom is -0.367 e. The lowest BCUT2D eigenvalue weighted by Gasteiger charge is -2.31. The average Bonchev–Trinajstić information content (AvgIpc) is 2.85. The second-order valence-corrected chi connectivity index (χ2v) is 9.89. The number of nitrogens with one attached hydrogen (secondary N) is 3.